The maximum Gasteiger partial charge on any atom is 0.265 e. The number of hydrogen-bond acceptors (Lipinski definition) is 2. The van der Waals surface area contributed by atoms with Gasteiger partial charge in [0.25, 0.3) is 5.91 Å². The first-order valence-electron chi connectivity index (χ1n) is 7.45. The third kappa shape index (κ3) is 3.64. The number of carbonyl (C=O) groups excluding carboxylic acids is 1. The Morgan fingerprint density at radius 1 is 1.04 bits per heavy atom. The molecule has 0 aliphatic heterocycles. The van der Waals surface area contributed by atoms with E-state index in [-0.39, 0.29) is 5.91 Å². The fraction of sp³-hybridized carbons (Fsp3) is 0.105. The van der Waals surface area contributed by atoms with Gasteiger partial charge in [0.2, 0.25) is 0 Å². The van der Waals surface area contributed by atoms with Crippen LogP contribution >= 0.6 is 23.2 Å². The molecule has 0 radical (unpaired) electrons. The molecule has 0 fully saturated rings. The Bertz CT molecular complexity index is 890. The highest BCUT2D eigenvalue weighted by Gasteiger charge is 2.17. The molecule has 0 spiro atoms. The van der Waals surface area contributed by atoms with Crippen LogP contribution in [0.25, 0.3) is 10.8 Å². The fourth-order valence-corrected chi connectivity index (χ4v) is 2.70. The monoisotopic (exact) mass is 359 g/mol. The molecule has 3 aromatic carbocycles. The second kappa shape index (κ2) is 7.12. The van der Waals surface area contributed by atoms with Crippen molar-refractivity contribution in [2.75, 3.05) is 5.32 Å². The molecule has 122 valence electrons. The number of rotatable bonds is 4. The molecular weight excluding hydrogens is 345 g/mol. The van der Waals surface area contributed by atoms with Gasteiger partial charge in [0.15, 0.2) is 6.10 Å². The van der Waals surface area contributed by atoms with Crippen LogP contribution in [0.1, 0.15) is 6.92 Å². The van der Waals surface area contributed by atoms with E-state index in [0.717, 1.165) is 16.5 Å². The van der Waals surface area contributed by atoms with Crippen LogP contribution in [0.3, 0.4) is 0 Å². The van der Waals surface area contributed by atoms with Crippen LogP contribution in [-0.2, 0) is 4.79 Å². The van der Waals surface area contributed by atoms with E-state index < -0.39 is 6.10 Å². The van der Waals surface area contributed by atoms with Gasteiger partial charge in [-0.25, -0.2) is 0 Å². The quantitative estimate of drug-likeness (QED) is 0.662. The van der Waals surface area contributed by atoms with Crippen molar-refractivity contribution in [3.05, 3.63) is 70.7 Å². The normalized spacial score (nSPS) is 12.0. The summed E-state index contributed by atoms with van der Waals surface area (Å²) < 4.78 is 5.64. The molecule has 0 saturated heterocycles. The number of nitrogens with one attached hydrogen (secondary N) is 1. The van der Waals surface area contributed by atoms with Crippen molar-refractivity contribution in [2.45, 2.75) is 13.0 Å². The van der Waals surface area contributed by atoms with Gasteiger partial charge in [-0.05, 0) is 30.5 Å². The summed E-state index contributed by atoms with van der Waals surface area (Å²) in [4.78, 5) is 12.4. The average molecular weight is 360 g/mol. The molecule has 0 aromatic heterocycles. The van der Waals surface area contributed by atoms with Gasteiger partial charge < -0.3 is 10.1 Å². The molecule has 3 rings (SSSR count). The van der Waals surface area contributed by atoms with E-state index in [1.807, 2.05) is 42.5 Å². The lowest BCUT2D eigenvalue weighted by Gasteiger charge is -2.16. The van der Waals surface area contributed by atoms with Crippen LogP contribution in [0.15, 0.2) is 60.7 Å². The zero-order chi connectivity index (χ0) is 17.1. The van der Waals surface area contributed by atoms with Crippen LogP contribution in [0, 0.1) is 0 Å². The largest absolute Gasteiger partial charge is 0.479 e. The Morgan fingerprint density at radius 2 is 1.79 bits per heavy atom. The molecule has 1 atom stereocenters. The molecule has 0 saturated carbocycles. The lowest BCUT2D eigenvalue weighted by Crippen LogP contribution is -2.30. The summed E-state index contributed by atoms with van der Waals surface area (Å²) >= 11 is 12.0. The Morgan fingerprint density at radius 3 is 2.62 bits per heavy atom. The number of hydrogen-bond donors (Lipinski definition) is 1. The maximum atomic E-state index is 12.4. The molecule has 24 heavy (non-hydrogen) atoms. The molecule has 0 heterocycles. The van der Waals surface area contributed by atoms with Crippen LogP contribution < -0.4 is 10.1 Å². The summed E-state index contributed by atoms with van der Waals surface area (Å²) in [5.74, 6) is 0.118. The molecule has 0 aliphatic rings. The lowest BCUT2D eigenvalue weighted by molar-refractivity contribution is -0.122. The number of anilines is 1. The molecule has 3 nitrogen and oxygen atoms in total. The molecule has 1 N–H and O–H groups in total. The third-order valence-electron chi connectivity index (χ3n) is 3.61. The van der Waals surface area contributed by atoms with Gasteiger partial charge in [0.05, 0.1) is 5.02 Å². The van der Waals surface area contributed by atoms with Gasteiger partial charge in [0, 0.05) is 22.2 Å². The van der Waals surface area contributed by atoms with E-state index in [0.29, 0.717) is 15.8 Å². The summed E-state index contributed by atoms with van der Waals surface area (Å²) in [5, 5.41) is 5.83. The molecule has 0 aliphatic carbocycles. The minimum atomic E-state index is -0.722. The summed E-state index contributed by atoms with van der Waals surface area (Å²) in [7, 11) is 0. The summed E-state index contributed by atoms with van der Waals surface area (Å²) in [6.07, 6.45) is -0.722. The highest BCUT2D eigenvalue weighted by Crippen LogP contribution is 2.29. The van der Waals surface area contributed by atoms with Crippen molar-refractivity contribution < 1.29 is 9.53 Å². The minimum Gasteiger partial charge on any atom is -0.479 e. The van der Waals surface area contributed by atoms with E-state index in [1.165, 1.54) is 0 Å². The Kier molecular flexibility index (Phi) is 4.93. The minimum absolute atomic E-state index is 0.262. The van der Waals surface area contributed by atoms with E-state index >= 15 is 0 Å². The smallest absolute Gasteiger partial charge is 0.265 e. The van der Waals surface area contributed by atoms with Crippen molar-refractivity contribution in [2.24, 2.45) is 0 Å². The standard InChI is InChI=1S/C19H15Cl2NO2/c1-12(24-18-11-14(20)9-10-16(18)21)19(23)22-17-8-4-6-13-5-2-3-7-15(13)17/h2-12H,1H3,(H,22,23)/t12-/m0/s1. The topological polar surface area (TPSA) is 38.3 Å². The van der Waals surface area contributed by atoms with E-state index in [4.69, 9.17) is 27.9 Å². The van der Waals surface area contributed by atoms with Crippen LogP contribution in [0.4, 0.5) is 5.69 Å². The van der Waals surface area contributed by atoms with E-state index in [1.54, 1.807) is 25.1 Å². The summed E-state index contributed by atoms with van der Waals surface area (Å²) in [6.45, 7) is 1.66. The summed E-state index contributed by atoms with van der Waals surface area (Å²) in [6, 6.07) is 18.5. The zero-order valence-corrected chi connectivity index (χ0v) is 14.4. The van der Waals surface area contributed by atoms with E-state index in [2.05, 4.69) is 5.32 Å². The van der Waals surface area contributed by atoms with E-state index in [9.17, 15) is 4.79 Å². The Labute approximate surface area is 150 Å². The number of ether oxygens (including phenoxy) is 1. The second-order valence-electron chi connectivity index (χ2n) is 5.35. The Balaban J connectivity index is 1.77. The van der Waals surface area contributed by atoms with Crippen molar-refractivity contribution >= 4 is 45.6 Å². The fourth-order valence-electron chi connectivity index (χ4n) is 2.38. The number of carbonyl (C=O) groups is 1. The first-order valence-corrected chi connectivity index (χ1v) is 8.20. The van der Waals surface area contributed by atoms with Crippen molar-refractivity contribution in [1.29, 1.82) is 0 Å². The maximum absolute atomic E-state index is 12.4. The number of benzene rings is 3. The molecule has 3 aromatic rings. The first-order chi connectivity index (χ1) is 11.5. The lowest BCUT2D eigenvalue weighted by atomic mass is 10.1. The number of fused-ring (bicyclic) bond motifs is 1. The second-order valence-corrected chi connectivity index (χ2v) is 6.19. The first kappa shape index (κ1) is 16.6. The van der Waals surface area contributed by atoms with Crippen LogP contribution in [0.2, 0.25) is 10.0 Å². The van der Waals surface area contributed by atoms with Crippen molar-refractivity contribution in [3.63, 3.8) is 0 Å². The molecule has 0 bridgehead atoms. The highest BCUT2D eigenvalue weighted by molar-refractivity contribution is 6.34. The van der Waals surface area contributed by atoms with Gasteiger partial charge >= 0.3 is 0 Å². The van der Waals surface area contributed by atoms with Gasteiger partial charge in [0.1, 0.15) is 5.75 Å². The van der Waals surface area contributed by atoms with Gasteiger partial charge in [-0.2, -0.15) is 0 Å². The zero-order valence-electron chi connectivity index (χ0n) is 12.9. The highest BCUT2D eigenvalue weighted by atomic mass is 35.5. The van der Waals surface area contributed by atoms with Gasteiger partial charge in [-0.15, -0.1) is 0 Å². The van der Waals surface area contributed by atoms with Gasteiger partial charge in [-0.3, -0.25) is 4.79 Å². The molecule has 1 amide bonds. The predicted octanol–water partition coefficient (Wildman–Crippen LogP) is 5.55. The number of amides is 1. The molecular formula is C19H15Cl2NO2. The van der Waals surface area contributed by atoms with Crippen LogP contribution in [-0.4, -0.2) is 12.0 Å². The third-order valence-corrected chi connectivity index (χ3v) is 4.16. The average Bonchev–Trinajstić information content (AvgIpc) is 2.58. The predicted molar refractivity (Wildman–Crippen MR) is 99.1 cm³/mol. The molecule has 5 heteroatoms. The SMILES string of the molecule is C[C@H](Oc1cc(Cl)ccc1Cl)C(=O)Nc1cccc2ccccc12. The number of halogens is 2. The summed E-state index contributed by atoms with van der Waals surface area (Å²) in [5.41, 5.74) is 0.741. The molecule has 0 unspecified atom stereocenters. The van der Waals surface area contributed by atoms with Crippen molar-refractivity contribution in [1.82, 2.24) is 0 Å². The Hall–Kier alpha value is -2.23. The van der Waals surface area contributed by atoms with Gasteiger partial charge in [-0.1, -0.05) is 59.6 Å². The van der Waals surface area contributed by atoms with Crippen molar-refractivity contribution in [3.8, 4) is 5.75 Å². The van der Waals surface area contributed by atoms with Crippen LogP contribution in [0.5, 0.6) is 5.75 Å².